The molecule has 7 heteroatoms. The van der Waals surface area contributed by atoms with Crippen LogP contribution in [-0.2, 0) is 4.79 Å². The van der Waals surface area contributed by atoms with Crippen molar-refractivity contribution in [3.05, 3.63) is 63.9 Å². The van der Waals surface area contributed by atoms with Gasteiger partial charge in [-0.1, -0.05) is 54.6 Å². The Morgan fingerprint density at radius 2 is 1.93 bits per heavy atom. The standard InChI is InChI=1S/C20H20ClN3O2S/c1-3-13(2)24-19(26)14-8-4-6-10-16(14)23-20(24)27-12-18(25)22-17-11-7-5-9-15(17)21/h4-11,13H,3,12H2,1-2H3,(H,22,25)/t13-/m1/s1. The number of carbonyl (C=O) groups excluding carboxylic acids is 1. The SMILES string of the molecule is CC[C@@H](C)n1c(SCC(=O)Nc2ccccc2Cl)nc2ccccc2c1=O. The molecule has 0 unspecified atom stereocenters. The number of para-hydroxylation sites is 2. The van der Waals surface area contributed by atoms with Gasteiger partial charge in [0.2, 0.25) is 5.91 Å². The van der Waals surface area contributed by atoms with Crippen molar-refractivity contribution < 1.29 is 4.79 Å². The number of benzene rings is 2. The quantitative estimate of drug-likeness (QED) is 0.478. The van der Waals surface area contributed by atoms with Gasteiger partial charge in [-0.15, -0.1) is 0 Å². The second kappa shape index (κ2) is 8.59. The molecule has 0 saturated carbocycles. The molecular weight excluding hydrogens is 382 g/mol. The summed E-state index contributed by atoms with van der Waals surface area (Å²) in [6, 6.07) is 14.3. The maximum Gasteiger partial charge on any atom is 0.262 e. The number of anilines is 1. The Bertz CT molecular complexity index is 1040. The fourth-order valence-corrected chi connectivity index (χ4v) is 3.76. The molecule has 0 fully saturated rings. The molecule has 3 aromatic rings. The molecule has 0 aliphatic heterocycles. The summed E-state index contributed by atoms with van der Waals surface area (Å²) in [5, 5.41) is 4.40. The molecule has 0 aliphatic rings. The van der Waals surface area contributed by atoms with Crippen molar-refractivity contribution in [2.24, 2.45) is 0 Å². The van der Waals surface area contributed by atoms with Crippen LogP contribution in [0, 0.1) is 0 Å². The Morgan fingerprint density at radius 1 is 1.22 bits per heavy atom. The lowest BCUT2D eigenvalue weighted by Gasteiger charge is -2.18. The smallest absolute Gasteiger partial charge is 0.262 e. The summed E-state index contributed by atoms with van der Waals surface area (Å²) < 4.78 is 1.68. The van der Waals surface area contributed by atoms with Crippen LogP contribution < -0.4 is 10.9 Å². The van der Waals surface area contributed by atoms with Crippen molar-refractivity contribution in [2.75, 3.05) is 11.1 Å². The van der Waals surface area contributed by atoms with E-state index in [4.69, 9.17) is 11.6 Å². The molecule has 5 nitrogen and oxygen atoms in total. The average molecular weight is 402 g/mol. The molecule has 3 rings (SSSR count). The number of fused-ring (bicyclic) bond motifs is 1. The number of hydrogen-bond donors (Lipinski definition) is 1. The third kappa shape index (κ3) is 4.34. The van der Waals surface area contributed by atoms with Crippen LogP contribution in [0.5, 0.6) is 0 Å². The van der Waals surface area contributed by atoms with Gasteiger partial charge in [0, 0.05) is 6.04 Å². The number of thioether (sulfide) groups is 1. The Kier molecular flexibility index (Phi) is 6.19. The van der Waals surface area contributed by atoms with Crippen LogP contribution in [0.4, 0.5) is 5.69 Å². The number of hydrogen-bond acceptors (Lipinski definition) is 4. The van der Waals surface area contributed by atoms with Gasteiger partial charge >= 0.3 is 0 Å². The number of rotatable bonds is 6. The molecule has 0 radical (unpaired) electrons. The zero-order valence-electron chi connectivity index (χ0n) is 15.1. The number of nitrogens with zero attached hydrogens (tertiary/aromatic N) is 2. The van der Waals surface area contributed by atoms with E-state index >= 15 is 0 Å². The summed E-state index contributed by atoms with van der Waals surface area (Å²) in [6.07, 6.45) is 0.791. The van der Waals surface area contributed by atoms with Crippen molar-refractivity contribution in [3.63, 3.8) is 0 Å². The van der Waals surface area contributed by atoms with Crippen LogP contribution in [0.2, 0.25) is 5.02 Å². The monoisotopic (exact) mass is 401 g/mol. The van der Waals surface area contributed by atoms with Crippen LogP contribution in [0.1, 0.15) is 26.3 Å². The number of halogens is 1. The van der Waals surface area contributed by atoms with E-state index in [9.17, 15) is 9.59 Å². The molecule has 0 saturated heterocycles. The van der Waals surface area contributed by atoms with Crippen LogP contribution in [-0.4, -0.2) is 21.2 Å². The Labute approximate surface area is 166 Å². The third-order valence-corrected chi connectivity index (χ3v) is 5.57. The van der Waals surface area contributed by atoms with Gasteiger partial charge in [0.1, 0.15) is 0 Å². The van der Waals surface area contributed by atoms with Gasteiger partial charge in [0.05, 0.1) is 27.4 Å². The first kappa shape index (κ1) is 19.5. The van der Waals surface area contributed by atoms with Crippen molar-refractivity contribution >= 4 is 45.9 Å². The van der Waals surface area contributed by atoms with E-state index in [1.165, 1.54) is 11.8 Å². The molecule has 0 spiro atoms. The molecule has 1 heterocycles. The summed E-state index contributed by atoms with van der Waals surface area (Å²) in [5.41, 5.74) is 1.12. The zero-order valence-corrected chi connectivity index (χ0v) is 16.7. The highest BCUT2D eigenvalue weighted by Crippen LogP contribution is 2.24. The van der Waals surface area contributed by atoms with E-state index in [-0.39, 0.29) is 23.3 Å². The second-order valence-electron chi connectivity index (χ2n) is 6.16. The van der Waals surface area contributed by atoms with E-state index in [2.05, 4.69) is 10.3 Å². The highest BCUT2D eigenvalue weighted by atomic mass is 35.5. The maximum absolute atomic E-state index is 12.9. The maximum atomic E-state index is 12.9. The summed E-state index contributed by atoms with van der Waals surface area (Å²) in [5.74, 6) is -0.0712. The first-order valence-corrected chi connectivity index (χ1v) is 10.1. The molecule has 0 bridgehead atoms. The molecular formula is C20H20ClN3O2S. The van der Waals surface area contributed by atoms with E-state index in [1.807, 2.05) is 32.0 Å². The van der Waals surface area contributed by atoms with Gasteiger partial charge in [0.15, 0.2) is 5.16 Å². The van der Waals surface area contributed by atoms with Crippen molar-refractivity contribution in [1.82, 2.24) is 9.55 Å². The van der Waals surface area contributed by atoms with E-state index < -0.39 is 0 Å². The highest BCUT2D eigenvalue weighted by Gasteiger charge is 2.16. The predicted molar refractivity (Wildman–Crippen MR) is 112 cm³/mol. The minimum absolute atomic E-state index is 0.0104. The van der Waals surface area contributed by atoms with Gasteiger partial charge < -0.3 is 5.32 Å². The lowest BCUT2D eigenvalue weighted by Crippen LogP contribution is -2.26. The molecule has 1 N–H and O–H groups in total. The van der Waals surface area contributed by atoms with Crippen LogP contribution >= 0.6 is 23.4 Å². The molecule has 2 aromatic carbocycles. The summed E-state index contributed by atoms with van der Waals surface area (Å²) in [7, 11) is 0. The Morgan fingerprint density at radius 3 is 2.67 bits per heavy atom. The summed E-state index contributed by atoms with van der Waals surface area (Å²) >= 11 is 7.33. The van der Waals surface area contributed by atoms with Crippen molar-refractivity contribution in [3.8, 4) is 0 Å². The second-order valence-corrected chi connectivity index (χ2v) is 7.51. The fourth-order valence-electron chi connectivity index (χ4n) is 2.68. The highest BCUT2D eigenvalue weighted by molar-refractivity contribution is 7.99. The molecule has 1 atom stereocenters. The van der Waals surface area contributed by atoms with Crippen LogP contribution in [0.15, 0.2) is 58.5 Å². The Hall–Kier alpha value is -2.31. The molecule has 27 heavy (non-hydrogen) atoms. The minimum Gasteiger partial charge on any atom is -0.324 e. The number of amides is 1. The van der Waals surface area contributed by atoms with Crippen molar-refractivity contribution in [1.29, 1.82) is 0 Å². The molecule has 0 aliphatic carbocycles. The van der Waals surface area contributed by atoms with Gasteiger partial charge in [0.25, 0.3) is 5.56 Å². The topological polar surface area (TPSA) is 64.0 Å². The van der Waals surface area contributed by atoms with Gasteiger partial charge in [-0.05, 0) is 37.6 Å². The van der Waals surface area contributed by atoms with Gasteiger partial charge in [-0.3, -0.25) is 14.2 Å². The first-order chi connectivity index (χ1) is 13.0. The van der Waals surface area contributed by atoms with E-state index in [0.717, 1.165) is 6.42 Å². The van der Waals surface area contributed by atoms with Crippen LogP contribution in [0.3, 0.4) is 0 Å². The average Bonchev–Trinajstić information content (AvgIpc) is 2.68. The minimum atomic E-state index is -0.203. The normalized spacial score (nSPS) is 12.1. The lowest BCUT2D eigenvalue weighted by atomic mass is 10.2. The molecule has 1 aromatic heterocycles. The first-order valence-electron chi connectivity index (χ1n) is 8.69. The molecule has 140 valence electrons. The number of aromatic nitrogens is 2. The number of nitrogens with one attached hydrogen (secondary N) is 1. The van der Waals surface area contributed by atoms with Gasteiger partial charge in [-0.25, -0.2) is 4.98 Å². The fraction of sp³-hybridized carbons (Fsp3) is 0.250. The lowest BCUT2D eigenvalue weighted by molar-refractivity contribution is -0.113. The summed E-state index contributed by atoms with van der Waals surface area (Å²) in [6.45, 7) is 4.00. The zero-order chi connectivity index (χ0) is 19.4. The predicted octanol–water partition coefficient (Wildman–Crippen LogP) is 4.75. The number of carbonyl (C=O) groups is 1. The van der Waals surface area contributed by atoms with Gasteiger partial charge in [-0.2, -0.15) is 0 Å². The molecule has 1 amide bonds. The van der Waals surface area contributed by atoms with E-state index in [0.29, 0.717) is 26.8 Å². The summed E-state index contributed by atoms with van der Waals surface area (Å²) in [4.78, 5) is 29.9. The van der Waals surface area contributed by atoms with Crippen LogP contribution in [0.25, 0.3) is 10.9 Å². The largest absolute Gasteiger partial charge is 0.324 e. The third-order valence-electron chi connectivity index (χ3n) is 4.29. The Balaban J connectivity index is 1.86. The van der Waals surface area contributed by atoms with Crippen molar-refractivity contribution in [2.45, 2.75) is 31.5 Å². The van der Waals surface area contributed by atoms with E-state index in [1.54, 1.807) is 34.9 Å².